The molecule has 0 atom stereocenters. The molecule has 0 saturated heterocycles. The van der Waals surface area contributed by atoms with Gasteiger partial charge in [0.05, 0.1) is 0 Å². The maximum Gasteiger partial charge on any atom is 0 e. The minimum Gasteiger partial charge on any atom is -0.320 e. The van der Waals surface area contributed by atoms with Crippen LogP contribution in [0.25, 0.3) is 0 Å². The molecule has 0 spiro atoms. The lowest BCUT2D eigenvalue weighted by Gasteiger charge is -2.14. The molecule has 2 heteroatoms. The molecule has 0 rings (SSSR count). The topological polar surface area (TPSA) is 15.3 Å². The minimum atomic E-state index is 0. The lowest BCUT2D eigenvalue weighted by molar-refractivity contribution is 0.325. The zero-order chi connectivity index (χ0) is 9.23. The van der Waals surface area contributed by atoms with E-state index in [4.69, 9.17) is 0 Å². The van der Waals surface area contributed by atoms with Gasteiger partial charge in [0.2, 0.25) is 0 Å². The first-order valence-corrected chi connectivity index (χ1v) is 5.14. The molecule has 1 N–H and O–H groups in total. The number of nitrogens with one attached hydrogen (secondary N) is 1. The van der Waals surface area contributed by atoms with Gasteiger partial charge in [-0.2, -0.15) is 0 Å². The Morgan fingerprint density at radius 3 is 2.50 bits per heavy atom. The monoisotopic (exact) mass is 174 g/mol. The zero-order valence-corrected chi connectivity index (χ0v) is 8.90. The van der Waals surface area contributed by atoms with E-state index in [0.29, 0.717) is 0 Å². The third-order valence-electron chi connectivity index (χ3n) is 2.07. The number of hydrogen-bond donors (Lipinski definition) is 1. The van der Waals surface area contributed by atoms with Crippen LogP contribution in [0.5, 0.6) is 0 Å². The van der Waals surface area contributed by atoms with E-state index < -0.39 is 0 Å². The first-order chi connectivity index (χ1) is 5.81. The molecule has 2 nitrogen and oxygen atoms in total. The predicted molar refractivity (Wildman–Crippen MR) is 57.7 cm³/mol. The van der Waals surface area contributed by atoms with Gasteiger partial charge in [0.25, 0.3) is 0 Å². The number of hydrogen-bond acceptors (Lipinski definition) is 2. The lowest BCUT2D eigenvalue weighted by Crippen LogP contribution is -2.20. The maximum atomic E-state index is 3.17. The molecule has 0 aromatic rings. The van der Waals surface area contributed by atoms with Crippen LogP contribution in [0.1, 0.15) is 34.0 Å². The Balaban J connectivity index is 0. The Morgan fingerprint density at radius 1 is 1.17 bits per heavy atom. The van der Waals surface area contributed by atoms with E-state index >= 15 is 0 Å². The SMILES string of the molecule is CCCN(C)CCCCCNC.[HH]. The van der Waals surface area contributed by atoms with Crippen LogP contribution in [-0.4, -0.2) is 38.6 Å². The van der Waals surface area contributed by atoms with Crippen LogP contribution in [-0.2, 0) is 0 Å². The van der Waals surface area contributed by atoms with Crippen molar-refractivity contribution in [3.8, 4) is 0 Å². The standard InChI is InChI=1S/C10H24N2.H2/c1-4-9-12(3)10-7-5-6-8-11-2;/h11H,4-10H2,1-3H3;1H. The Morgan fingerprint density at radius 2 is 1.92 bits per heavy atom. The summed E-state index contributed by atoms with van der Waals surface area (Å²) in [5.41, 5.74) is 0. The van der Waals surface area contributed by atoms with Gasteiger partial charge < -0.3 is 10.2 Å². The molecule has 0 heterocycles. The van der Waals surface area contributed by atoms with Gasteiger partial charge in [0.15, 0.2) is 0 Å². The van der Waals surface area contributed by atoms with Crippen molar-refractivity contribution in [1.82, 2.24) is 10.2 Å². The van der Waals surface area contributed by atoms with E-state index in [1.54, 1.807) is 0 Å². The molecular weight excluding hydrogens is 148 g/mol. The van der Waals surface area contributed by atoms with Gasteiger partial charge in [-0.15, -0.1) is 0 Å². The predicted octanol–water partition coefficient (Wildman–Crippen LogP) is 1.96. The molecule has 0 unspecified atom stereocenters. The molecule has 0 aromatic carbocycles. The zero-order valence-electron chi connectivity index (χ0n) is 8.90. The highest BCUT2D eigenvalue weighted by Gasteiger charge is 1.95. The van der Waals surface area contributed by atoms with Crippen LogP contribution >= 0.6 is 0 Å². The summed E-state index contributed by atoms with van der Waals surface area (Å²) in [6.07, 6.45) is 5.29. The van der Waals surface area contributed by atoms with Crippen LogP contribution in [0.3, 0.4) is 0 Å². The first kappa shape index (κ1) is 11.9. The molecule has 0 aliphatic carbocycles. The average Bonchev–Trinajstić information content (AvgIpc) is 2.05. The van der Waals surface area contributed by atoms with Crippen molar-refractivity contribution in [3.63, 3.8) is 0 Å². The van der Waals surface area contributed by atoms with Gasteiger partial charge in [0.1, 0.15) is 0 Å². The molecule has 0 bridgehead atoms. The Kier molecular flexibility index (Phi) is 8.95. The van der Waals surface area contributed by atoms with E-state index in [-0.39, 0.29) is 1.43 Å². The Hall–Kier alpha value is -0.0800. The molecule has 0 aliphatic rings. The molecular formula is C10H26N2. The summed E-state index contributed by atoms with van der Waals surface area (Å²) in [6, 6.07) is 0. The van der Waals surface area contributed by atoms with Crippen molar-refractivity contribution in [2.75, 3.05) is 33.7 Å². The van der Waals surface area contributed by atoms with Crippen molar-refractivity contribution in [2.24, 2.45) is 0 Å². The third kappa shape index (κ3) is 8.02. The fourth-order valence-electron chi connectivity index (χ4n) is 1.35. The summed E-state index contributed by atoms with van der Waals surface area (Å²) < 4.78 is 0. The second kappa shape index (κ2) is 9.01. The molecule has 0 fully saturated rings. The smallest absolute Gasteiger partial charge is 0 e. The highest BCUT2D eigenvalue weighted by atomic mass is 15.1. The molecule has 12 heavy (non-hydrogen) atoms. The number of rotatable bonds is 8. The van der Waals surface area contributed by atoms with E-state index in [0.717, 1.165) is 6.54 Å². The van der Waals surface area contributed by atoms with Gasteiger partial charge >= 0.3 is 0 Å². The summed E-state index contributed by atoms with van der Waals surface area (Å²) in [5.74, 6) is 0. The highest BCUT2D eigenvalue weighted by molar-refractivity contribution is 4.51. The molecule has 0 aromatic heterocycles. The number of unbranched alkanes of at least 4 members (excludes halogenated alkanes) is 2. The van der Waals surface area contributed by atoms with Crippen LogP contribution < -0.4 is 5.32 Å². The van der Waals surface area contributed by atoms with Crippen LogP contribution in [0.15, 0.2) is 0 Å². The van der Waals surface area contributed by atoms with Crippen LogP contribution in [0.2, 0.25) is 0 Å². The summed E-state index contributed by atoms with van der Waals surface area (Å²) in [4.78, 5) is 2.42. The van der Waals surface area contributed by atoms with Gasteiger partial charge in [-0.05, 0) is 53.0 Å². The normalized spacial score (nSPS) is 11.0. The summed E-state index contributed by atoms with van der Waals surface area (Å²) in [5, 5.41) is 3.17. The number of nitrogens with zero attached hydrogens (tertiary/aromatic N) is 1. The fourth-order valence-corrected chi connectivity index (χ4v) is 1.35. The second-order valence-corrected chi connectivity index (χ2v) is 3.47. The van der Waals surface area contributed by atoms with E-state index in [2.05, 4.69) is 24.2 Å². The fraction of sp³-hybridized carbons (Fsp3) is 1.00. The van der Waals surface area contributed by atoms with E-state index in [1.807, 2.05) is 7.05 Å². The van der Waals surface area contributed by atoms with Gasteiger partial charge in [0, 0.05) is 1.43 Å². The van der Waals surface area contributed by atoms with Crippen molar-refractivity contribution in [2.45, 2.75) is 32.6 Å². The maximum absolute atomic E-state index is 3.17. The van der Waals surface area contributed by atoms with Crippen LogP contribution in [0, 0.1) is 0 Å². The highest BCUT2D eigenvalue weighted by Crippen LogP contribution is 1.96. The molecule has 0 amide bonds. The Bertz CT molecular complexity index is 89.0. The van der Waals surface area contributed by atoms with Crippen LogP contribution in [0.4, 0.5) is 0 Å². The van der Waals surface area contributed by atoms with Gasteiger partial charge in [-0.3, -0.25) is 0 Å². The third-order valence-corrected chi connectivity index (χ3v) is 2.07. The Labute approximate surface area is 78.8 Å². The summed E-state index contributed by atoms with van der Waals surface area (Å²) in [7, 11) is 4.23. The quantitative estimate of drug-likeness (QED) is 0.566. The largest absolute Gasteiger partial charge is 0.320 e. The van der Waals surface area contributed by atoms with Gasteiger partial charge in [-0.1, -0.05) is 13.3 Å². The van der Waals surface area contributed by atoms with Crippen molar-refractivity contribution in [3.05, 3.63) is 0 Å². The first-order valence-electron chi connectivity index (χ1n) is 5.14. The second-order valence-electron chi connectivity index (χ2n) is 3.47. The van der Waals surface area contributed by atoms with Crippen molar-refractivity contribution >= 4 is 0 Å². The average molecular weight is 174 g/mol. The van der Waals surface area contributed by atoms with E-state index in [9.17, 15) is 0 Å². The minimum absolute atomic E-state index is 0. The molecule has 76 valence electrons. The summed E-state index contributed by atoms with van der Waals surface area (Å²) in [6.45, 7) is 5.90. The molecule has 0 aliphatic heterocycles. The van der Waals surface area contributed by atoms with Crippen molar-refractivity contribution in [1.29, 1.82) is 0 Å². The lowest BCUT2D eigenvalue weighted by atomic mass is 10.2. The molecule has 0 saturated carbocycles. The van der Waals surface area contributed by atoms with E-state index in [1.165, 1.54) is 38.8 Å². The summed E-state index contributed by atoms with van der Waals surface area (Å²) >= 11 is 0. The van der Waals surface area contributed by atoms with Gasteiger partial charge in [-0.25, -0.2) is 0 Å². The van der Waals surface area contributed by atoms with Crippen molar-refractivity contribution < 1.29 is 1.43 Å². The molecule has 0 radical (unpaired) electrons.